The summed E-state index contributed by atoms with van der Waals surface area (Å²) in [5.41, 5.74) is 4.80. The van der Waals surface area contributed by atoms with Crippen molar-refractivity contribution in [1.29, 1.82) is 0 Å². The molecule has 16 heavy (non-hydrogen) atoms. The maximum atomic E-state index is 12.2. The third kappa shape index (κ3) is 1.67. The van der Waals surface area contributed by atoms with Gasteiger partial charge in [0.2, 0.25) is 0 Å². The summed E-state index contributed by atoms with van der Waals surface area (Å²) < 4.78 is 46.0. The summed E-state index contributed by atoms with van der Waals surface area (Å²) in [6.07, 6.45) is -4.72. The zero-order chi connectivity index (χ0) is 12.0. The van der Waals surface area contributed by atoms with Crippen LogP contribution >= 0.6 is 0 Å². The lowest BCUT2D eigenvalue weighted by molar-refractivity contribution is -0.159. The Morgan fingerprint density at radius 2 is 2.19 bits per heavy atom. The number of halogens is 3. The molecule has 2 rings (SSSR count). The van der Waals surface area contributed by atoms with Crippen LogP contribution in [-0.2, 0) is 16.5 Å². The number of nitrogens with zero attached hydrogens (tertiary/aromatic N) is 2. The molecule has 2 heterocycles. The Bertz CT molecular complexity index is 392. The molecule has 0 saturated carbocycles. The lowest BCUT2D eigenvalue weighted by Crippen LogP contribution is -2.44. The molecular weight excluding hydrogens is 227 g/mol. The maximum Gasteiger partial charge on any atom is 0.471 e. The van der Waals surface area contributed by atoms with E-state index in [0.717, 1.165) is 0 Å². The van der Waals surface area contributed by atoms with Crippen molar-refractivity contribution in [2.75, 3.05) is 6.61 Å². The van der Waals surface area contributed by atoms with Gasteiger partial charge in [-0.25, -0.2) is 0 Å². The van der Waals surface area contributed by atoms with Crippen molar-refractivity contribution < 1.29 is 22.4 Å². The molecule has 0 radical (unpaired) electrons. The molecule has 1 aromatic heterocycles. The molecule has 0 bridgehead atoms. The van der Waals surface area contributed by atoms with Crippen molar-refractivity contribution in [3.63, 3.8) is 0 Å². The van der Waals surface area contributed by atoms with E-state index in [1.54, 1.807) is 6.92 Å². The van der Waals surface area contributed by atoms with Crippen molar-refractivity contribution in [2.24, 2.45) is 5.73 Å². The second-order valence-electron chi connectivity index (χ2n) is 3.72. The van der Waals surface area contributed by atoms with Gasteiger partial charge >= 0.3 is 12.1 Å². The maximum absolute atomic E-state index is 12.2. The quantitative estimate of drug-likeness (QED) is 0.790. The molecule has 1 fully saturated rings. The summed E-state index contributed by atoms with van der Waals surface area (Å²) in [7, 11) is 0. The minimum atomic E-state index is -4.65. The number of ether oxygens (including phenoxy) is 1. The standard InChI is InChI=1S/C8H10F3N3O2/c1-4-7(12,2-3-15-4)5-13-6(16-14-5)8(9,10)11/h4H,2-3,12H2,1H3. The number of nitrogens with two attached hydrogens (primary N) is 1. The minimum Gasteiger partial charge on any atom is -0.376 e. The van der Waals surface area contributed by atoms with E-state index in [1.807, 2.05) is 0 Å². The first-order chi connectivity index (χ1) is 7.34. The van der Waals surface area contributed by atoms with E-state index in [2.05, 4.69) is 14.7 Å². The van der Waals surface area contributed by atoms with E-state index in [0.29, 0.717) is 13.0 Å². The Morgan fingerprint density at radius 3 is 2.62 bits per heavy atom. The van der Waals surface area contributed by atoms with E-state index in [-0.39, 0.29) is 5.82 Å². The molecule has 1 aliphatic heterocycles. The van der Waals surface area contributed by atoms with Gasteiger partial charge in [0.25, 0.3) is 0 Å². The van der Waals surface area contributed by atoms with Gasteiger partial charge in [0.05, 0.1) is 6.10 Å². The van der Waals surface area contributed by atoms with E-state index in [4.69, 9.17) is 10.5 Å². The number of hydrogen-bond donors (Lipinski definition) is 1. The lowest BCUT2D eigenvalue weighted by Gasteiger charge is -2.22. The summed E-state index contributed by atoms with van der Waals surface area (Å²) in [5, 5.41) is 3.28. The van der Waals surface area contributed by atoms with Crippen LogP contribution in [0.5, 0.6) is 0 Å². The van der Waals surface area contributed by atoms with Crippen molar-refractivity contribution in [2.45, 2.75) is 31.2 Å². The van der Waals surface area contributed by atoms with Gasteiger partial charge in [-0.1, -0.05) is 5.16 Å². The van der Waals surface area contributed by atoms with Crippen LogP contribution in [0.15, 0.2) is 4.52 Å². The summed E-state index contributed by atoms with van der Waals surface area (Å²) in [6, 6.07) is 0. The van der Waals surface area contributed by atoms with Crippen LogP contribution in [0.4, 0.5) is 13.2 Å². The van der Waals surface area contributed by atoms with Gasteiger partial charge in [0.15, 0.2) is 5.82 Å². The van der Waals surface area contributed by atoms with Gasteiger partial charge in [-0.15, -0.1) is 0 Å². The number of alkyl halides is 3. The smallest absolute Gasteiger partial charge is 0.376 e. The summed E-state index contributed by atoms with van der Waals surface area (Å²) in [4.78, 5) is 3.28. The summed E-state index contributed by atoms with van der Waals surface area (Å²) in [6.45, 7) is 2.03. The highest BCUT2D eigenvalue weighted by molar-refractivity contribution is 5.10. The van der Waals surface area contributed by atoms with Crippen molar-refractivity contribution >= 4 is 0 Å². The second-order valence-corrected chi connectivity index (χ2v) is 3.72. The van der Waals surface area contributed by atoms with Crippen LogP contribution in [0.2, 0.25) is 0 Å². The molecule has 2 N–H and O–H groups in total. The average molecular weight is 237 g/mol. The molecule has 90 valence electrons. The normalized spacial score (nSPS) is 30.9. The van der Waals surface area contributed by atoms with Gasteiger partial charge in [-0.05, 0) is 13.3 Å². The van der Waals surface area contributed by atoms with Gasteiger partial charge in [0, 0.05) is 6.61 Å². The second kappa shape index (κ2) is 3.42. The fourth-order valence-corrected chi connectivity index (χ4v) is 1.58. The molecule has 0 aliphatic carbocycles. The molecule has 1 aromatic rings. The Hall–Kier alpha value is -1.15. The zero-order valence-corrected chi connectivity index (χ0v) is 8.41. The number of aromatic nitrogens is 2. The Morgan fingerprint density at radius 1 is 1.50 bits per heavy atom. The first-order valence-electron chi connectivity index (χ1n) is 4.66. The fourth-order valence-electron chi connectivity index (χ4n) is 1.58. The van der Waals surface area contributed by atoms with Crippen LogP contribution in [0.3, 0.4) is 0 Å². The van der Waals surface area contributed by atoms with Crippen LogP contribution in [0.1, 0.15) is 25.1 Å². The molecule has 0 aromatic carbocycles. The molecule has 0 amide bonds. The molecule has 2 atom stereocenters. The summed E-state index contributed by atoms with van der Waals surface area (Å²) in [5.74, 6) is -1.55. The topological polar surface area (TPSA) is 74.2 Å². The molecular formula is C8H10F3N3O2. The van der Waals surface area contributed by atoms with Crippen LogP contribution in [-0.4, -0.2) is 22.9 Å². The fraction of sp³-hybridized carbons (Fsp3) is 0.750. The molecule has 2 unspecified atom stereocenters. The minimum absolute atomic E-state index is 0.162. The Balaban J connectivity index is 2.32. The largest absolute Gasteiger partial charge is 0.471 e. The first-order valence-corrected chi connectivity index (χ1v) is 4.66. The third-order valence-corrected chi connectivity index (χ3v) is 2.69. The van der Waals surface area contributed by atoms with Crippen molar-refractivity contribution in [3.8, 4) is 0 Å². The first kappa shape index (κ1) is 11.3. The third-order valence-electron chi connectivity index (χ3n) is 2.69. The van der Waals surface area contributed by atoms with E-state index < -0.39 is 23.7 Å². The van der Waals surface area contributed by atoms with Gasteiger partial charge in [0.1, 0.15) is 5.54 Å². The molecule has 8 heteroatoms. The number of hydrogen-bond acceptors (Lipinski definition) is 5. The Kier molecular flexibility index (Phi) is 2.43. The highest BCUT2D eigenvalue weighted by atomic mass is 19.4. The van der Waals surface area contributed by atoms with E-state index >= 15 is 0 Å². The Labute approximate surface area is 88.8 Å². The highest BCUT2D eigenvalue weighted by Gasteiger charge is 2.46. The molecule has 1 aliphatic rings. The summed E-state index contributed by atoms with van der Waals surface area (Å²) >= 11 is 0. The highest BCUT2D eigenvalue weighted by Crippen LogP contribution is 2.34. The molecule has 0 spiro atoms. The van der Waals surface area contributed by atoms with Gasteiger partial charge < -0.3 is 15.0 Å². The molecule has 5 nitrogen and oxygen atoms in total. The van der Waals surface area contributed by atoms with Crippen LogP contribution in [0, 0.1) is 0 Å². The predicted molar refractivity (Wildman–Crippen MR) is 45.2 cm³/mol. The van der Waals surface area contributed by atoms with Gasteiger partial charge in [-0.3, -0.25) is 0 Å². The predicted octanol–water partition coefficient (Wildman–Crippen LogP) is 1.05. The van der Waals surface area contributed by atoms with Crippen LogP contribution < -0.4 is 5.73 Å². The SMILES string of the molecule is CC1OCCC1(N)c1noc(C(F)(F)F)n1. The lowest BCUT2D eigenvalue weighted by atomic mass is 9.93. The van der Waals surface area contributed by atoms with Crippen molar-refractivity contribution in [1.82, 2.24) is 10.1 Å². The van der Waals surface area contributed by atoms with Crippen molar-refractivity contribution in [3.05, 3.63) is 11.7 Å². The van der Waals surface area contributed by atoms with Gasteiger partial charge in [-0.2, -0.15) is 18.2 Å². The van der Waals surface area contributed by atoms with E-state index in [1.165, 1.54) is 0 Å². The monoisotopic (exact) mass is 237 g/mol. The van der Waals surface area contributed by atoms with Crippen LogP contribution in [0.25, 0.3) is 0 Å². The average Bonchev–Trinajstić information content (AvgIpc) is 2.74. The van der Waals surface area contributed by atoms with E-state index in [9.17, 15) is 13.2 Å². The number of rotatable bonds is 1. The molecule has 1 saturated heterocycles. The zero-order valence-electron chi connectivity index (χ0n) is 8.41.